The van der Waals surface area contributed by atoms with Crippen molar-refractivity contribution in [1.82, 2.24) is 15.2 Å². The van der Waals surface area contributed by atoms with Gasteiger partial charge in [0.2, 0.25) is 5.96 Å². The van der Waals surface area contributed by atoms with Crippen molar-refractivity contribution in [1.29, 1.82) is 0 Å². The van der Waals surface area contributed by atoms with E-state index in [1.54, 1.807) is 5.01 Å². The van der Waals surface area contributed by atoms with Crippen molar-refractivity contribution in [3.8, 4) is 0 Å². The fourth-order valence-corrected chi connectivity index (χ4v) is 2.73. The van der Waals surface area contributed by atoms with Crippen molar-refractivity contribution in [3.05, 3.63) is 28.8 Å². The van der Waals surface area contributed by atoms with Crippen LogP contribution in [0.5, 0.6) is 0 Å². The molecule has 0 spiro atoms. The minimum Gasteiger partial charge on any atom is -0.339 e. The zero-order valence-electron chi connectivity index (χ0n) is 10.9. The van der Waals surface area contributed by atoms with Gasteiger partial charge in [-0.15, -0.1) is 0 Å². The Morgan fingerprint density at radius 1 is 1.37 bits per heavy atom. The fourth-order valence-electron chi connectivity index (χ4n) is 2.55. The largest absolute Gasteiger partial charge is 0.339 e. The molecule has 0 amide bonds. The van der Waals surface area contributed by atoms with Crippen LogP contribution in [0.4, 0.5) is 5.69 Å². The zero-order valence-corrected chi connectivity index (χ0v) is 11.7. The SMILES string of the molecule is CC1c2cc(Cl)ccc2N=C(N2CCNCC2)N1N. The van der Waals surface area contributed by atoms with Gasteiger partial charge in [-0.3, -0.25) is 5.01 Å². The Bertz CT molecular complexity index is 510. The average molecular weight is 280 g/mol. The van der Waals surface area contributed by atoms with Crippen LogP contribution in [-0.2, 0) is 0 Å². The second-order valence-electron chi connectivity index (χ2n) is 4.94. The third-order valence-corrected chi connectivity index (χ3v) is 3.94. The van der Waals surface area contributed by atoms with Gasteiger partial charge in [0.1, 0.15) is 0 Å². The second-order valence-corrected chi connectivity index (χ2v) is 5.37. The number of halogens is 1. The number of guanidine groups is 1. The maximum atomic E-state index is 6.22. The summed E-state index contributed by atoms with van der Waals surface area (Å²) in [7, 11) is 0. The molecule has 2 aliphatic heterocycles. The molecule has 0 radical (unpaired) electrons. The molecule has 5 nitrogen and oxygen atoms in total. The first-order valence-corrected chi connectivity index (χ1v) is 6.92. The van der Waals surface area contributed by atoms with E-state index in [0.717, 1.165) is 48.4 Å². The van der Waals surface area contributed by atoms with Crippen LogP contribution < -0.4 is 11.2 Å². The minimum atomic E-state index is 0.0797. The van der Waals surface area contributed by atoms with Gasteiger partial charge in [0.25, 0.3) is 0 Å². The summed E-state index contributed by atoms with van der Waals surface area (Å²) < 4.78 is 0. The first kappa shape index (κ1) is 12.7. The number of nitrogens with two attached hydrogens (primary N) is 1. The van der Waals surface area contributed by atoms with E-state index in [0.29, 0.717) is 0 Å². The van der Waals surface area contributed by atoms with Gasteiger partial charge < -0.3 is 10.2 Å². The monoisotopic (exact) mass is 279 g/mol. The Morgan fingerprint density at radius 3 is 2.84 bits per heavy atom. The predicted octanol–water partition coefficient (Wildman–Crippen LogP) is 1.48. The van der Waals surface area contributed by atoms with Gasteiger partial charge in [0.15, 0.2) is 0 Å². The summed E-state index contributed by atoms with van der Waals surface area (Å²) in [6, 6.07) is 5.86. The molecule has 1 saturated heterocycles. The van der Waals surface area contributed by atoms with E-state index < -0.39 is 0 Å². The Kier molecular flexibility index (Phi) is 3.35. The maximum Gasteiger partial charge on any atom is 0.216 e. The molecular weight excluding hydrogens is 262 g/mol. The maximum absolute atomic E-state index is 6.22. The molecule has 1 atom stereocenters. The number of nitrogens with zero attached hydrogens (tertiary/aromatic N) is 3. The van der Waals surface area contributed by atoms with Crippen LogP contribution in [0.25, 0.3) is 0 Å². The van der Waals surface area contributed by atoms with Gasteiger partial charge in [-0.2, -0.15) is 0 Å². The zero-order chi connectivity index (χ0) is 13.4. The lowest BCUT2D eigenvalue weighted by molar-refractivity contribution is 0.255. The van der Waals surface area contributed by atoms with Crippen molar-refractivity contribution < 1.29 is 0 Å². The number of fused-ring (bicyclic) bond motifs is 1. The summed E-state index contributed by atoms with van der Waals surface area (Å²) >= 11 is 6.05. The highest BCUT2D eigenvalue weighted by molar-refractivity contribution is 6.30. The highest BCUT2D eigenvalue weighted by Gasteiger charge is 2.28. The molecule has 0 saturated carbocycles. The quantitative estimate of drug-likeness (QED) is 0.707. The van der Waals surface area contributed by atoms with E-state index >= 15 is 0 Å². The third-order valence-electron chi connectivity index (χ3n) is 3.71. The number of hydrazine groups is 1. The number of hydrogen-bond donors (Lipinski definition) is 2. The van der Waals surface area contributed by atoms with Gasteiger partial charge >= 0.3 is 0 Å². The van der Waals surface area contributed by atoms with E-state index in [4.69, 9.17) is 22.4 Å². The lowest BCUT2D eigenvalue weighted by Crippen LogP contribution is -2.55. The summed E-state index contributed by atoms with van der Waals surface area (Å²) in [5, 5.41) is 5.80. The molecule has 1 unspecified atom stereocenters. The molecular formula is C13H18ClN5. The summed E-state index contributed by atoms with van der Waals surface area (Å²) in [5.41, 5.74) is 2.04. The van der Waals surface area contributed by atoms with Crippen molar-refractivity contribution >= 4 is 23.2 Å². The van der Waals surface area contributed by atoms with Gasteiger partial charge in [0, 0.05) is 36.8 Å². The molecule has 3 N–H and O–H groups in total. The predicted molar refractivity (Wildman–Crippen MR) is 77.4 cm³/mol. The van der Waals surface area contributed by atoms with Gasteiger partial charge in [-0.05, 0) is 25.1 Å². The molecule has 19 heavy (non-hydrogen) atoms. The first-order chi connectivity index (χ1) is 9.16. The highest BCUT2D eigenvalue weighted by Crippen LogP contribution is 2.35. The molecule has 1 fully saturated rings. The van der Waals surface area contributed by atoms with Gasteiger partial charge in [-0.25, -0.2) is 10.8 Å². The van der Waals surface area contributed by atoms with Gasteiger partial charge in [0.05, 0.1) is 11.7 Å². The fraction of sp³-hybridized carbons (Fsp3) is 0.462. The van der Waals surface area contributed by atoms with Crippen LogP contribution in [0.3, 0.4) is 0 Å². The molecule has 6 heteroatoms. The van der Waals surface area contributed by atoms with Crippen LogP contribution in [-0.4, -0.2) is 42.0 Å². The average Bonchev–Trinajstić information content (AvgIpc) is 2.44. The molecule has 2 aliphatic rings. The second kappa shape index (κ2) is 5.00. The summed E-state index contributed by atoms with van der Waals surface area (Å²) in [6.07, 6.45) is 0. The number of piperazine rings is 1. The number of aliphatic imine (C=N–C) groups is 1. The third kappa shape index (κ3) is 2.29. The lowest BCUT2D eigenvalue weighted by atomic mass is 10.0. The van der Waals surface area contributed by atoms with E-state index in [-0.39, 0.29) is 6.04 Å². The topological polar surface area (TPSA) is 56.9 Å². The standard InChI is InChI=1S/C13H18ClN5/c1-9-11-8-10(14)2-3-12(11)17-13(19(9)15)18-6-4-16-5-7-18/h2-3,8-9,16H,4-7,15H2,1H3. The number of hydrogen-bond acceptors (Lipinski definition) is 5. The normalized spacial score (nSPS) is 23.1. The van der Waals surface area contributed by atoms with E-state index in [2.05, 4.69) is 17.1 Å². The summed E-state index contributed by atoms with van der Waals surface area (Å²) in [6.45, 7) is 5.87. The van der Waals surface area contributed by atoms with E-state index in [9.17, 15) is 0 Å². The summed E-state index contributed by atoms with van der Waals surface area (Å²) in [5.74, 6) is 7.07. The van der Waals surface area contributed by atoms with E-state index in [1.165, 1.54) is 0 Å². The molecule has 1 aromatic rings. The number of rotatable bonds is 0. The van der Waals surface area contributed by atoms with Crippen LogP contribution in [0.2, 0.25) is 5.02 Å². The van der Waals surface area contributed by atoms with Crippen LogP contribution in [0.1, 0.15) is 18.5 Å². The minimum absolute atomic E-state index is 0.0797. The molecule has 102 valence electrons. The Hall–Kier alpha value is -1.30. The molecule has 0 aromatic heterocycles. The Balaban J connectivity index is 1.98. The lowest BCUT2D eigenvalue weighted by Gasteiger charge is -2.39. The number of benzene rings is 1. The Labute approximate surface area is 118 Å². The first-order valence-electron chi connectivity index (χ1n) is 6.54. The molecule has 2 heterocycles. The smallest absolute Gasteiger partial charge is 0.216 e. The molecule has 0 bridgehead atoms. The number of nitrogens with one attached hydrogen (secondary N) is 1. The highest BCUT2D eigenvalue weighted by atomic mass is 35.5. The molecule has 1 aromatic carbocycles. The van der Waals surface area contributed by atoms with Gasteiger partial charge in [-0.1, -0.05) is 11.6 Å². The van der Waals surface area contributed by atoms with Crippen molar-refractivity contribution in [2.75, 3.05) is 26.2 Å². The summed E-state index contributed by atoms with van der Waals surface area (Å²) in [4.78, 5) is 6.93. The van der Waals surface area contributed by atoms with Crippen molar-refractivity contribution in [2.45, 2.75) is 13.0 Å². The van der Waals surface area contributed by atoms with Crippen molar-refractivity contribution in [3.63, 3.8) is 0 Å². The molecule has 0 aliphatic carbocycles. The van der Waals surface area contributed by atoms with Crippen molar-refractivity contribution in [2.24, 2.45) is 10.8 Å². The van der Waals surface area contributed by atoms with E-state index in [1.807, 2.05) is 18.2 Å². The molecule has 3 rings (SSSR count). The Morgan fingerprint density at radius 2 is 2.11 bits per heavy atom. The van der Waals surface area contributed by atoms with Crippen LogP contribution >= 0.6 is 11.6 Å². The van der Waals surface area contributed by atoms with Crippen LogP contribution in [0, 0.1) is 0 Å². The van der Waals surface area contributed by atoms with Crippen LogP contribution in [0.15, 0.2) is 23.2 Å².